The molecule has 0 amide bonds. The predicted molar refractivity (Wildman–Crippen MR) is 137 cm³/mol. The fourth-order valence-corrected chi connectivity index (χ4v) is 4.85. The minimum Gasteiger partial charge on any atom is -0.465 e. The zero-order valence-electron chi connectivity index (χ0n) is 22.2. The molecular formula is C29H54O4. The van der Waals surface area contributed by atoms with E-state index in [-0.39, 0.29) is 23.8 Å². The van der Waals surface area contributed by atoms with Crippen LogP contribution in [0.1, 0.15) is 143 Å². The van der Waals surface area contributed by atoms with E-state index in [0.717, 1.165) is 57.3 Å². The minimum absolute atomic E-state index is 0.179. The fraction of sp³-hybridized carbons (Fsp3) is 0.931. The van der Waals surface area contributed by atoms with Crippen molar-refractivity contribution in [1.29, 1.82) is 0 Å². The molecule has 1 rings (SSSR count). The summed E-state index contributed by atoms with van der Waals surface area (Å²) in [6.07, 6.45) is 21.9. The molecule has 0 aromatic heterocycles. The lowest BCUT2D eigenvalue weighted by atomic mass is 9.79. The summed E-state index contributed by atoms with van der Waals surface area (Å²) >= 11 is 0. The number of hydrogen-bond acceptors (Lipinski definition) is 4. The van der Waals surface area contributed by atoms with Gasteiger partial charge in [0.05, 0.1) is 25.0 Å². The van der Waals surface area contributed by atoms with Crippen molar-refractivity contribution in [1.82, 2.24) is 0 Å². The van der Waals surface area contributed by atoms with Crippen LogP contribution in [0.25, 0.3) is 0 Å². The number of esters is 2. The lowest BCUT2D eigenvalue weighted by molar-refractivity contribution is -0.163. The molecule has 0 spiro atoms. The predicted octanol–water partition coefficient (Wildman–Crippen LogP) is 8.41. The van der Waals surface area contributed by atoms with Crippen molar-refractivity contribution in [2.45, 2.75) is 143 Å². The molecule has 0 radical (unpaired) electrons. The van der Waals surface area contributed by atoms with Gasteiger partial charge in [0.2, 0.25) is 0 Å². The Bertz CT molecular complexity index is 488. The first-order valence-corrected chi connectivity index (χ1v) is 14.4. The van der Waals surface area contributed by atoms with Crippen LogP contribution < -0.4 is 0 Å². The third-order valence-corrected chi connectivity index (χ3v) is 7.03. The maximum absolute atomic E-state index is 12.6. The second-order valence-corrected chi connectivity index (χ2v) is 10.6. The van der Waals surface area contributed by atoms with E-state index in [1.165, 1.54) is 70.6 Å². The highest BCUT2D eigenvalue weighted by Gasteiger charge is 2.37. The Morgan fingerprint density at radius 1 is 0.636 bits per heavy atom. The fourth-order valence-electron chi connectivity index (χ4n) is 4.85. The van der Waals surface area contributed by atoms with Crippen LogP contribution in [0.3, 0.4) is 0 Å². The second-order valence-electron chi connectivity index (χ2n) is 10.6. The highest BCUT2D eigenvalue weighted by molar-refractivity contribution is 5.82. The van der Waals surface area contributed by atoms with Gasteiger partial charge in [-0.05, 0) is 31.6 Å². The molecule has 1 aliphatic carbocycles. The van der Waals surface area contributed by atoms with Gasteiger partial charge in [-0.3, -0.25) is 9.59 Å². The Hall–Kier alpha value is -1.06. The van der Waals surface area contributed by atoms with E-state index < -0.39 is 0 Å². The zero-order valence-corrected chi connectivity index (χ0v) is 22.2. The Balaban J connectivity index is 2.13. The molecule has 0 bridgehead atoms. The van der Waals surface area contributed by atoms with E-state index in [1.54, 1.807) is 0 Å². The Morgan fingerprint density at radius 3 is 1.45 bits per heavy atom. The van der Waals surface area contributed by atoms with Gasteiger partial charge in [-0.15, -0.1) is 0 Å². The molecule has 2 atom stereocenters. The largest absolute Gasteiger partial charge is 0.465 e. The van der Waals surface area contributed by atoms with Gasteiger partial charge in [-0.2, -0.15) is 0 Å². The molecule has 0 aliphatic heterocycles. The molecule has 2 unspecified atom stereocenters. The molecule has 0 saturated heterocycles. The van der Waals surface area contributed by atoms with Crippen LogP contribution in [-0.2, 0) is 19.1 Å². The molecule has 194 valence electrons. The van der Waals surface area contributed by atoms with Crippen molar-refractivity contribution < 1.29 is 19.1 Å². The highest BCUT2D eigenvalue weighted by Crippen LogP contribution is 2.32. The SMILES string of the molecule is CCCCCCCCCCCCOC(=O)C1CCCCC1C(=O)OCCCCCCC(C)C. The van der Waals surface area contributed by atoms with Crippen molar-refractivity contribution in [3.8, 4) is 0 Å². The van der Waals surface area contributed by atoms with Crippen LogP contribution in [0, 0.1) is 17.8 Å². The average molecular weight is 467 g/mol. The highest BCUT2D eigenvalue weighted by atomic mass is 16.5. The third-order valence-electron chi connectivity index (χ3n) is 7.03. The van der Waals surface area contributed by atoms with E-state index in [0.29, 0.717) is 13.2 Å². The van der Waals surface area contributed by atoms with Gasteiger partial charge in [-0.25, -0.2) is 0 Å². The van der Waals surface area contributed by atoms with Crippen LogP contribution in [0.5, 0.6) is 0 Å². The normalized spacial score (nSPS) is 18.4. The Kier molecular flexibility index (Phi) is 18.5. The van der Waals surface area contributed by atoms with E-state index in [2.05, 4.69) is 20.8 Å². The molecule has 1 aliphatic rings. The van der Waals surface area contributed by atoms with Crippen molar-refractivity contribution in [3.05, 3.63) is 0 Å². The lowest BCUT2D eigenvalue weighted by Gasteiger charge is -2.28. The van der Waals surface area contributed by atoms with Gasteiger partial charge in [0, 0.05) is 0 Å². The van der Waals surface area contributed by atoms with Gasteiger partial charge < -0.3 is 9.47 Å². The van der Waals surface area contributed by atoms with E-state index in [9.17, 15) is 9.59 Å². The Labute approximate surface area is 205 Å². The van der Waals surface area contributed by atoms with Gasteiger partial charge in [0.15, 0.2) is 0 Å². The summed E-state index contributed by atoms with van der Waals surface area (Å²) < 4.78 is 11.1. The van der Waals surface area contributed by atoms with Crippen LogP contribution in [0.2, 0.25) is 0 Å². The molecular weight excluding hydrogens is 412 g/mol. The maximum atomic E-state index is 12.6. The number of carbonyl (C=O) groups excluding carboxylic acids is 2. The van der Waals surface area contributed by atoms with Crippen molar-refractivity contribution in [2.75, 3.05) is 13.2 Å². The van der Waals surface area contributed by atoms with Gasteiger partial charge in [0.1, 0.15) is 0 Å². The van der Waals surface area contributed by atoms with Crippen LogP contribution in [0.15, 0.2) is 0 Å². The van der Waals surface area contributed by atoms with Gasteiger partial charge >= 0.3 is 11.9 Å². The summed E-state index contributed by atoms with van der Waals surface area (Å²) in [5, 5.41) is 0. The number of hydrogen-bond donors (Lipinski definition) is 0. The first-order valence-electron chi connectivity index (χ1n) is 14.4. The average Bonchev–Trinajstić information content (AvgIpc) is 2.81. The van der Waals surface area contributed by atoms with Gasteiger partial charge in [0.25, 0.3) is 0 Å². The number of unbranched alkanes of at least 4 members (excludes halogenated alkanes) is 12. The smallest absolute Gasteiger partial charge is 0.309 e. The number of ether oxygens (including phenoxy) is 2. The van der Waals surface area contributed by atoms with Crippen LogP contribution in [-0.4, -0.2) is 25.2 Å². The van der Waals surface area contributed by atoms with Crippen LogP contribution in [0.4, 0.5) is 0 Å². The molecule has 4 heteroatoms. The summed E-state index contributed by atoms with van der Waals surface area (Å²) in [4.78, 5) is 25.3. The summed E-state index contributed by atoms with van der Waals surface area (Å²) in [5.74, 6) is -0.213. The van der Waals surface area contributed by atoms with Crippen molar-refractivity contribution >= 4 is 11.9 Å². The van der Waals surface area contributed by atoms with Crippen molar-refractivity contribution in [3.63, 3.8) is 0 Å². The van der Waals surface area contributed by atoms with E-state index >= 15 is 0 Å². The molecule has 1 fully saturated rings. The molecule has 33 heavy (non-hydrogen) atoms. The molecule has 1 saturated carbocycles. The summed E-state index contributed by atoms with van der Waals surface area (Å²) in [5.41, 5.74) is 0. The van der Waals surface area contributed by atoms with Crippen molar-refractivity contribution in [2.24, 2.45) is 17.8 Å². The monoisotopic (exact) mass is 466 g/mol. The van der Waals surface area contributed by atoms with Crippen LogP contribution >= 0.6 is 0 Å². The number of carbonyl (C=O) groups is 2. The minimum atomic E-state index is -0.306. The molecule has 0 aromatic rings. The quantitative estimate of drug-likeness (QED) is 0.133. The number of rotatable bonds is 20. The second kappa shape index (κ2) is 20.3. The lowest BCUT2D eigenvalue weighted by Crippen LogP contribution is -2.35. The molecule has 0 heterocycles. The molecule has 4 nitrogen and oxygen atoms in total. The zero-order chi connectivity index (χ0) is 24.2. The summed E-state index contributed by atoms with van der Waals surface area (Å²) in [6.45, 7) is 7.74. The third kappa shape index (κ3) is 15.5. The molecule has 0 N–H and O–H groups in total. The van der Waals surface area contributed by atoms with E-state index in [4.69, 9.17) is 9.47 Å². The first kappa shape index (κ1) is 30.0. The van der Waals surface area contributed by atoms with E-state index in [1.807, 2.05) is 0 Å². The Morgan fingerprint density at radius 2 is 1.03 bits per heavy atom. The van der Waals surface area contributed by atoms with Gasteiger partial charge in [-0.1, -0.05) is 117 Å². The molecule has 0 aromatic carbocycles. The topological polar surface area (TPSA) is 52.6 Å². The standard InChI is InChI=1S/C29H54O4/c1-4-5-6-7-8-9-10-11-13-18-23-32-28(30)26-21-16-17-22-27(26)29(31)33-24-19-14-12-15-20-25(2)3/h25-27H,4-24H2,1-3H3. The summed E-state index contributed by atoms with van der Waals surface area (Å²) in [6, 6.07) is 0. The maximum Gasteiger partial charge on any atom is 0.309 e. The first-order chi connectivity index (χ1) is 16.1. The summed E-state index contributed by atoms with van der Waals surface area (Å²) in [7, 11) is 0.